The first kappa shape index (κ1) is 15.5. The zero-order valence-corrected chi connectivity index (χ0v) is 12.6. The summed E-state index contributed by atoms with van der Waals surface area (Å²) in [6.07, 6.45) is 0. The molecule has 8 heteroatoms. The molecule has 1 aromatic carbocycles. The van der Waals surface area contributed by atoms with Crippen molar-refractivity contribution in [2.24, 2.45) is 12.8 Å². The van der Waals surface area contributed by atoms with Gasteiger partial charge in [-0.05, 0) is 24.6 Å². The van der Waals surface area contributed by atoms with Gasteiger partial charge >= 0.3 is 0 Å². The van der Waals surface area contributed by atoms with Crippen LogP contribution in [0.2, 0.25) is 0 Å². The third-order valence-corrected chi connectivity index (χ3v) is 3.92. The Labute approximate surface area is 125 Å². The lowest BCUT2D eigenvalue weighted by Gasteiger charge is -2.06. The van der Waals surface area contributed by atoms with Gasteiger partial charge in [0.05, 0.1) is 12.3 Å². The van der Waals surface area contributed by atoms with Gasteiger partial charge in [-0.3, -0.25) is 4.79 Å². The number of anilines is 1. The minimum Gasteiger partial charge on any atom is -0.325 e. The Morgan fingerprint density at radius 1 is 1.48 bits per heavy atom. The predicted octanol–water partition coefficient (Wildman–Crippen LogP) is 1.45. The molecule has 0 aliphatic carbocycles. The molecule has 0 bridgehead atoms. The van der Waals surface area contributed by atoms with Crippen LogP contribution < -0.4 is 11.1 Å². The molecule has 2 rings (SSSR count). The van der Waals surface area contributed by atoms with Crippen molar-refractivity contribution in [3.63, 3.8) is 0 Å². The Hall–Kier alpha value is -1.93. The molecule has 3 N–H and O–H groups in total. The minimum absolute atomic E-state index is 0.159. The Morgan fingerprint density at radius 2 is 2.24 bits per heavy atom. The van der Waals surface area contributed by atoms with Gasteiger partial charge in [-0.15, -0.1) is 10.2 Å². The molecule has 0 saturated heterocycles. The van der Waals surface area contributed by atoms with Gasteiger partial charge in [-0.25, -0.2) is 4.39 Å². The normalized spacial score (nSPS) is 10.7. The first-order valence-electron chi connectivity index (χ1n) is 6.28. The number of amides is 1. The van der Waals surface area contributed by atoms with E-state index in [-0.39, 0.29) is 17.5 Å². The van der Waals surface area contributed by atoms with Crippen LogP contribution in [0, 0.1) is 12.7 Å². The summed E-state index contributed by atoms with van der Waals surface area (Å²) in [7, 11) is 1.79. The summed E-state index contributed by atoms with van der Waals surface area (Å²) in [4.78, 5) is 11.8. The highest BCUT2D eigenvalue weighted by atomic mass is 32.2. The number of rotatable bonds is 5. The van der Waals surface area contributed by atoms with Crippen LogP contribution >= 0.6 is 11.8 Å². The molecule has 1 amide bonds. The fourth-order valence-electron chi connectivity index (χ4n) is 1.65. The molecule has 0 saturated carbocycles. The van der Waals surface area contributed by atoms with Crippen molar-refractivity contribution in [3.05, 3.63) is 35.4 Å². The first-order valence-corrected chi connectivity index (χ1v) is 7.27. The SMILES string of the molecule is Cc1ccc(NC(=O)CSc2nnc(CN)n2C)cc1F. The monoisotopic (exact) mass is 309 g/mol. The molecule has 0 aliphatic rings. The second-order valence-electron chi connectivity index (χ2n) is 4.46. The molecule has 0 atom stereocenters. The van der Waals surface area contributed by atoms with Crippen molar-refractivity contribution in [2.45, 2.75) is 18.6 Å². The van der Waals surface area contributed by atoms with Crippen LogP contribution in [-0.2, 0) is 18.4 Å². The van der Waals surface area contributed by atoms with Crippen molar-refractivity contribution in [3.8, 4) is 0 Å². The van der Waals surface area contributed by atoms with Crippen LogP contribution in [0.1, 0.15) is 11.4 Å². The van der Waals surface area contributed by atoms with Crippen molar-refractivity contribution >= 4 is 23.4 Å². The summed E-state index contributed by atoms with van der Waals surface area (Å²) in [6.45, 7) is 1.96. The first-order chi connectivity index (χ1) is 10.0. The number of hydrogen-bond acceptors (Lipinski definition) is 5. The zero-order valence-electron chi connectivity index (χ0n) is 11.8. The number of thioether (sulfide) groups is 1. The largest absolute Gasteiger partial charge is 0.325 e. The maximum Gasteiger partial charge on any atom is 0.234 e. The number of carbonyl (C=O) groups is 1. The Balaban J connectivity index is 1.92. The van der Waals surface area contributed by atoms with E-state index in [0.717, 1.165) is 0 Å². The molecule has 2 aromatic rings. The molecule has 21 heavy (non-hydrogen) atoms. The number of nitrogens with two attached hydrogens (primary N) is 1. The quantitative estimate of drug-likeness (QED) is 0.817. The van der Waals surface area contributed by atoms with Gasteiger partial charge in [-0.2, -0.15) is 0 Å². The van der Waals surface area contributed by atoms with Gasteiger partial charge in [0.1, 0.15) is 11.6 Å². The Morgan fingerprint density at radius 3 is 2.86 bits per heavy atom. The van der Waals surface area contributed by atoms with Crippen LogP contribution in [0.4, 0.5) is 10.1 Å². The number of halogens is 1. The van der Waals surface area contributed by atoms with E-state index in [4.69, 9.17) is 5.73 Å². The smallest absolute Gasteiger partial charge is 0.234 e. The molecule has 0 radical (unpaired) electrons. The van der Waals surface area contributed by atoms with Crippen LogP contribution in [0.25, 0.3) is 0 Å². The van der Waals surface area contributed by atoms with Gasteiger partial charge in [0.15, 0.2) is 5.16 Å². The summed E-state index contributed by atoms with van der Waals surface area (Å²) in [5.74, 6) is 0.229. The van der Waals surface area contributed by atoms with Gasteiger partial charge in [-0.1, -0.05) is 17.8 Å². The molecule has 0 fully saturated rings. The average molecular weight is 309 g/mol. The van der Waals surface area contributed by atoms with Crippen LogP contribution in [0.5, 0.6) is 0 Å². The summed E-state index contributed by atoms with van der Waals surface area (Å²) in [5, 5.41) is 11.1. The number of nitrogens with one attached hydrogen (secondary N) is 1. The number of carbonyl (C=O) groups excluding carboxylic acids is 1. The van der Waals surface area contributed by atoms with E-state index in [0.29, 0.717) is 28.8 Å². The van der Waals surface area contributed by atoms with Gasteiger partial charge in [0, 0.05) is 12.7 Å². The third-order valence-electron chi connectivity index (χ3n) is 2.90. The lowest BCUT2D eigenvalue weighted by atomic mass is 10.2. The van der Waals surface area contributed by atoms with Crippen LogP contribution in [0.15, 0.2) is 23.4 Å². The molecule has 1 aromatic heterocycles. The molecule has 6 nitrogen and oxygen atoms in total. The fourth-order valence-corrected chi connectivity index (χ4v) is 2.38. The number of nitrogens with zero attached hydrogens (tertiary/aromatic N) is 3. The third kappa shape index (κ3) is 3.79. The van der Waals surface area contributed by atoms with Crippen LogP contribution in [-0.4, -0.2) is 26.4 Å². The van der Waals surface area contributed by atoms with Crippen molar-refractivity contribution < 1.29 is 9.18 Å². The number of aryl methyl sites for hydroxylation is 1. The van der Waals surface area contributed by atoms with E-state index in [2.05, 4.69) is 15.5 Å². The molecular weight excluding hydrogens is 293 g/mol. The van der Waals surface area contributed by atoms with E-state index in [1.807, 2.05) is 0 Å². The van der Waals surface area contributed by atoms with Gasteiger partial charge in [0.2, 0.25) is 5.91 Å². The maximum absolute atomic E-state index is 13.4. The molecule has 1 heterocycles. The summed E-state index contributed by atoms with van der Waals surface area (Å²) >= 11 is 1.25. The van der Waals surface area contributed by atoms with E-state index in [9.17, 15) is 9.18 Å². The lowest BCUT2D eigenvalue weighted by Crippen LogP contribution is -2.14. The standard InChI is InChI=1S/C13H16FN5OS/c1-8-3-4-9(5-10(8)14)16-12(20)7-21-13-18-17-11(6-15)19(13)2/h3-5H,6-7,15H2,1-2H3,(H,16,20). The minimum atomic E-state index is -0.346. The van der Waals surface area contributed by atoms with Gasteiger partial charge in [0.25, 0.3) is 0 Å². The van der Waals surface area contributed by atoms with Crippen molar-refractivity contribution in [1.82, 2.24) is 14.8 Å². The highest BCUT2D eigenvalue weighted by Gasteiger charge is 2.11. The van der Waals surface area contributed by atoms with Gasteiger partial charge < -0.3 is 15.6 Å². The molecule has 0 spiro atoms. The summed E-state index contributed by atoms with van der Waals surface area (Å²) < 4.78 is 15.1. The highest BCUT2D eigenvalue weighted by molar-refractivity contribution is 7.99. The van der Waals surface area contributed by atoms with E-state index >= 15 is 0 Å². The number of aromatic nitrogens is 3. The van der Waals surface area contributed by atoms with E-state index in [1.54, 1.807) is 30.7 Å². The van der Waals surface area contributed by atoms with Crippen molar-refractivity contribution in [1.29, 1.82) is 0 Å². The molecule has 0 aliphatic heterocycles. The zero-order chi connectivity index (χ0) is 15.4. The molecule has 112 valence electrons. The lowest BCUT2D eigenvalue weighted by molar-refractivity contribution is -0.113. The molecule has 0 unspecified atom stereocenters. The fraction of sp³-hybridized carbons (Fsp3) is 0.308. The van der Waals surface area contributed by atoms with E-state index < -0.39 is 0 Å². The second kappa shape index (κ2) is 6.68. The summed E-state index contributed by atoms with van der Waals surface area (Å²) in [5.41, 5.74) is 6.47. The average Bonchev–Trinajstić information content (AvgIpc) is 2.81. The number of hydrogen-bond donors (Lipinski definition) is 2. The van der Waals surface area contributed by atoms with E-state index in [1.165, 1.54) is 17.8 Å². The topological polar surface area (TPSA) is 85.8 Å². The summed E-state index contributed by atoms with van der Waals surface area (Å²) in [6, 6.07) is 4.58. The Kier molecular flexibility index (Phi) is 4.92. The molecular formula is C13H16FN5OS. The second-order valence-corrected chi connectivity index (χ2v) is 5.41. The van der Waals surface area contributed by atoms with Crippen molar-refractivity contribution in [2.75, 3.05) is 11.1 Å². The number of benzene rings is 1. The Bertz CT molecular complexity index is 658. The predicted molar refractivity (Wildman–Crippen MR) is 79.4 cm³/mol. The maximum atomic E-state index is 13.4. The highest BCUT2D eigenvalue weighted by Crippen LogP contribution is 2.17. The van der Waals surface area contributed by atoms with Crippen LogP contribution in [0.3, 0.4) is 0 Å².